The number of aryl methyl sites for hydroxylation is 2. The van der Waals surface area contributed by atoms with Gasteiger partial charge in [0.15, 0.2) is 0 Å². The van der Waals surface area contributed by atoms with Crippen LogP contribution in [0.2, 0.25) is 0 Å². The molecule has 0 spiro atoms. The second-order valence-corrected chi connectivity index (χ2v) is 4.01. The predicted octanol–water partition coefficient (Wildman–Crippen LogP) is 1.16. The Morgan fingerprint density at radius 1 is 1.50 bits per heavy atom. The molecule has 104 valence electrons. The SMILES string of the molecule is CCn1nnc(NC(=O)c2ccc(C)c([N+](=O)[O-])c2)n1. The zero-order valence-electron chi connectivity index (χ0n) is 10.9. The lowest BCUT2D eigenvalue weighted by molar-refractivity contribution is -0.385. The molecule has 9 nitrogen and oxygen atoms in total. The molecule has 0 radical (unpaired) electrons. The van der Waals surface area contributed by atoms with Crippen LogP contribution in [0.15, 0.2) is 18.2 Å². The molecule has 0 bridgehead atoms. The van der Waals surface area contributed by atoms with Crippen molar-refractivity contribution in [1.82, 2.24) is 20.2 Å². The van der Waals surface area contributed by atoms with Crippen LogP contribution in [0.1, 0.15) is 22.8 Å². The number of nitrogens with zero attached hydrogens (tertiary/aromatic N) is 5. The summed E-state index contributed by atoms with van der Waals surface area (Å²) in [5, 5.41) is 24.5. The van der Waals surface area contributed by atoms with Crippen LogP contribution in [0, 0.1) is 17.0 Å². The Kier molecular flexibility index (Phi) is 3.69. The third kappa shape index (κ3) is 2.76. The summed E-state index contributed by atoms with van der Waals surface area (Å²) in [5.74, 6) is -0.469. The Morgan fingerprint density at radius 2 is 2.25 bits per heavy atom. The van der Waals surface area contributed by atoms with E-state index in [2.05, 4.69) is 20.7 Å². The number of rotatable bonds is 4. The van der Waals surface area contributed by atoms with Gasteiger partial charge in [-0.3, -0.25) is 20.2 Å². The molecule has 1 N–H and O–H groups in total. The predicted molar refractivity (Wildman–Crippen MR) is 69.3 cm³/mol. The smallest absolute Gasteiger partial charge is 0.273 e. The summed E-state index contributed by atoms with van der Waals surface area (Å²) in [6, 6.07) is 4.24. The number of hydrogen-bond donors (Lipinski definition) is 1. The molecule has 9 heteroatoms. The van der Waals surface area contributed by atoms with Crippen LogP contribution in [0.3, 0.4) is 0 Å². The molecule has 0 atom stereocenters. The Hall–Kier alpha value is -2.84. The van der Waals surface area contributed by atoms with Crippen LogP contribution in [0.25, 0.3) is 0 Å². The number of tetrazole rings is 1. The van der Waals surface area contributed by atoms with Gasteiger partial charge in [-0.15, -0.1) is 5.10 Å². The van der Waals surface area contributed by atoms with Gasteiger partial charge in [-0.05, 0) is 25.1 Å². The highest BCUT2D eigenvalue weighted by Gasteiger charge is 2.16. The first kappa shape index (κ1) is 13.6. The van der Waals surface area contributed by atoms with E-state index < -0.39 is 10.8 Å². The third-order valence-corrected chi connectivity index (χ3v) is 2.63. The minimum atomic E-state index is -0.530. The van der Waals surface area contributed by atoms with Gasteiger partial charge in [-0.2, -0.15) is 4.80 Å². The van der Waals surface area contributed by atoms with Crippen molar-refractivity contribution in [3.8, 4) is 0 Å². The maximum absolute atomic E-state index is 11.9. The molecule has 0 saturated carbocycles. The van der Waals surface area contributed by atoms with Crippen molar-refractivity contribution in [3.63, 3.8) is 0 Å². The van der Waals surface area contributed by atoms with Crippen molar-refractivity contribution in [2.45, 2.75) is 20.4 Å². The Balaban J connectivity index is 2.21. The summed E-state index contributed by atoms with van der Waals surface area (Å²) in [5.41, 5.74) is 0.541. The van der Waals surface area contributed by atoms with Crippen LogP contribution >= 0.6 is 0 Å². The van der Waals surface area contributed by atoms with Crippen LogP contribution in [0.4, 0.5) is 11.6 Å². The molecule has 0 saturated heterocycles. The van der Waals surface area contributed by atoms with Gasteiger partial charge in [0, 0.05) is 17.2 Å². The molecule has 0 fully saturated rings. The van der Waals surface area contributed by atoms with Crippen molar-refractivity contribution in [1.29, 1.82) is 0 Å². The van der Waals surface area contributed by atoms with Crippen LogP contribution in [-0.4, -0.2) is 31.0 Å². The number of carbonyl (C=O) groups is 1. The lowest BCUT2D eigenvalue weighted by Crippen LogP contribution is -2.13. The van der Waals surface area contributed by atoms with Gasteiger partial charge in [-0.1, -0.05) is 11.2 Å². The van der Waals surface area contributed by atoms with Crippen LogP contribution in [0.5, 0.6) is 0 Å². The first-order valence-corrected chi connectivity index (χ1v) is 5.85. The highest BCUT2D eigenvalue weighted by Crippen LogP contribution is 2.19. The summed E-state index contributed by atoms with van der Waals surface area (Å²) < 4.78 is 0. The van der Waals surface area contributed by atoms with E-state index in [1.54, 1.807) is 6.92 Å². The number of hydrogen-bond acceptors (Lipinski definition) is 6. The number of aromatic nitrogens is 4. The largest absolute Gasteiger partial charge is 0.288 e. The highest BCUT2D eigenvalue weighted by atomic mass is 16.6. The number of nitrogens with one attached hydrogen (secondary N) is 1. The molecule has 0 aliphatic carbocycles. The summed E-state index contributed by atoms with van der Waals surface area (Å²) >= 11 is 0. The van der Waals surface area contributed by atoms with E-state index in [-0.39, 0.29) is 17.2 Å². The zero-order chi connectivity index (χ0) is 14.7. The summed E-state index contributed by atoms with van der Waals surface area (Å²) in [6.45, 7) is 3.96. The van der Waals surface area contributed by atoms with Crippen LogP contribution < -0.4 is 5.32 Å². The van der Waals surface area contributed by atoms with E-state index in [0.29, 0.717) is 12.1 Å². The van der Waals surface area contributed by atoms with E-state index in [1.807, 2.05) is 6.92 Å². The van der Waals surface area contributed by atoms with E-state index in [1.165, 1.54) is 23.0 Å². The second kappa shape index (κ2) is 5.43. The topological polar surface area (TPSA) is 116 Å². The molecule has 20 heavy (non-hydrogen) atoms. The van der Waals surface area contributed by atoms with Crippen molar-refractivity contribution < 1.29 is 9.72 Å². The van der Waals surface area contributed by atoms with Gasteiger partial charge in [0.05, 0.1) is 11.5 Å². The van der Waals surface area contributed by atoms with E-state index in [4.69, 9.17) is 0 Å². The fourth-order valence-electron chi connectivity index (χ4n) is 1.55. The average molecular weight is 276 g/mol. The van der Waals surface area contributed by atoms with Crippen molar-refractivity contribution in [3.05, 3.63) is 39.4 Å². The van der Waals surface area contributed by atoms with E-state index >= 15 is 0 Å². The summed E-state index contributed by atoms with van der Waals surface area (Å²) in [4.78, 5) is 23.6. The first-order valence-electron chi connectivity index (χ1n) is 5.85. The van der Waals surface area contributed by atoms with Gasteiger partial charge >= 0.3 is 0 Å². The minimum absolute atomic E-state index is 0.0556. The van der Waals surface area contributed by atoms with E-state index in [9.17, 15) is 14.9 Å². The third-order valence-electron chi connectivity index (χ3n) is 2.63. The normalized spacial score (nSPS) is 10.3. The Bertz CT molecular complexity index is 666. The van der Waals surface area contributed by atoms with Crippen molar-refractivity contribution in [2.75, 3.05) is 5.32 Å². The molecule has 1 aromatic carbocycles. The number of anilines is 1. The van der Waals surface area contributed by atoms with Gasteiger partial charge in [0.2, 0.25) is 0 Å². The summed E-state index contributed by atoms with van der Waals surface area (Å²) in [6.07, 6.45) is 0. The number of nitro groups is 1. The molecule has 0 unspecified atom stereocenters. The maximum atomic E-state index is 11.9. The molecule has 1 heterocycles. The lowest BCUT2D eigenvalue weighted by atomic mass is 10.1. The maximum Gasteiger partial charge on any atom is 0.273 e. The summed E-state index contributed by atoms with van der Waals surface area (Å²) in [7, 11) is 0. The fraction of sp³-hybridized carbons (Fsp3) is 0.273. The molecule has 1 amide bonds. The van der Waals surface area contributed by atoms with Gasteiger partial charge in [0.1, 0.15) is 0 Å². The molecule has 0 aliphatic rings. The number of amides is 1. The molecular weight excluding hydrogens is 264 g/mol. The second-order valence-electron chi connectivity index (χ2n) is 4.01. The molecule has 2 rings (SSSR count). The lowest BCUT2D eigenvalue weighted by Gasteiger charge is -2.02. The zero-order valence-corrected chi connectivity index (χ0v) is 10.9. The Morgan fingerprint density at radius 3 is 2.85 bits per heavy atom. The molecular formula is C11H12N6O3. The van der Waals surface area contributed by atoms with Gasteiger partial charge < -0.3 is 0 Å². The molecule has 1 aromatic heterocycles. The monoisotopic (exact) mass is 276 g/mol. The van der Waals surface area contributed by atoms with E-state index in [0.717, 1.165) is 0 Å². The Labute approximate surface area is 113 Å². The van der Waals surface area contributed by atoms with Crippen LogP contribution in [-0.2, 0) is 6.54 Å². The number of carbonyl (C=O) groups excluding carboxylic acids is 1. The quantitative estimate of drug-likeness (QED) is 0.661. The van der Waals surface area contributed by atoms with Crippen molar-refractivity contribution >= 4 is 17.5 Å². The van der Waals surface area contributed by atoms with Gasteiger partial charge in [0.25, 0.3) is 17.5 Å². The minimum Gasteiger partial charge on any atom is -0.288 e. The fourth-order valence-corrected chi connectivity index (χ4v) is 1.55. The number of benzene rings is 1. The number of nitro benzene ring substituents is 1. The van der Waals surface area contributed by atoms with Crippen molar-refractivity contribution in [2.24, 2.45) is 0 Å². The molecule has 2 aromatic rings. The first-order chi connectivity index (χ1) is 9.51. The highest BCUT2D eigenvalue weighted by molar-refractivity contribution is 6.03. The standard InChI is InChI=1S/C11H12N6O3/c1-3-16-14-11(13-15-16)12-10(18)8-5-4-7(2)9(6-8)17(19)20/h4-6H,3H2,1-2H3,(H,12,14,18). The average Bonchev–Trinajstić information content (AvgIpc) is 2.86. The molecule has 0 aliphatic heterocycles. The van der Waals surface area contributed by atoms with Gasteiger partial charge in [-0.25, -0.2) is 0 Å².